The Bertz CT molecular complexity index is 379. The van der Waals surface area contributed by atoms with E-state index in [0.29, 0.717) is 32.1 Å². The van der Waals surface area contributed by atoms with Crippen LogP contribution in [0.15, 0.2) is 0 Å². The Balaban J connectivity index is 1.84. The molecule has 2 rings (SSSR count). The molecule has 1 atom stereocenters. The molecule has 0 bridgehead atoms. The van der Waals surface area contributed by atoms with Gasteiger partial charge in [0.1, 0.15) is 0 Å². The van der Waals surface area contributed by atoms with E-state index in [1.807, 2.05) is 16.8 Å². The van der Waals surface area contributed by atoms with Gasteiger partial charge in [-0.2, -0.15) is 0 Å². The van der Waals surface area contributed by atoms with Crippen LogP contribution in [0.1, 0.15) is 45.4 Å². The zero-order chi connectivity index (χ0) is 14.8. The number of amides is 1. The average Bonchev–Trinajstić information content (AvgIpc) is 2.82. The second-order valence-corrected chi connectivity index (χ2v) is 6.62. The van der Waals surface area contributed by atoms with E-state index in [1.165, 1.54) is 19.3 Å². The average molecular weight is 282 g/mol. The quantitative estimate of drug-likeness (QED) is 0.850. The highest BCUT2D eigenvalue weighted by Gasteiger charge is 2.41. The van der Waals surface area contributed by atoms with Crippen molar-refractivity contribution in [2.75, 3.05) is 26.7 Å². The first-order chi connectivity index (χ1) is 9.42. The molecule has 5 nitrogen and oxygen atoms in total. The van der Waals surface area contributed by atoms with E-state index in [0.717, 1.165) is 12.8 Å². The maximum Gasteiger partial charge on any atom is 0.310 e. The summed E-state index contributed by atoms with van der Waals surface area (Å²) < 4.78 is 0. The molecule has 0 aromatic carbocycles. The Morgan fingerprint density at radius 2 is 1.95 bits per heavy atom. The van der Waals surface area contributed by atoms with Crippen molar-refractivity contribution in [2.24, 2.45) is 5.41 Å². The third-order valence-electron chi connectivity index (χ3n) is 4.94. The highest BCUT2D eigenvalue weighted by Crippen LogP contribution is 2.30. The van der Waals surface area contributed by atoms with Gasteiger partial charge in [-0.25, -0.2) is 0 Å². The molecular weight excluding hydrogens is 256 g/mol. The van der Waals surface area contributed by atoms with Gasteiger partial charge in [-0.05, 0) is 32.7 Å². The Morgan fingerprint density at radius 3 is 2.50 bits per heavy atom. The van der Waals surface area contributed by atoms with Gasteiger partial charge < -0.3 is 10.0 Å². The summed E-state index contributed by atoms with van der Waals surface area (Å²) in [6.07, 6.45) is 6.54. The minimum atomic E-state index is -0.756. The van der Waals surface area contributed by atoms with E-state index in [2.05, 4.69) is 0 Å². The maximum absolute atomic E-state index is 12.3. The van der Waals surface area contributed by atoms with Crippen molar-refractivity contribution < 1.29 is 14.7 Å². The molecule has 2 fully saturated rings. The molecule has 20 heavy (non-hydrogen) atoms. The van der Waals surface area contributed by atoms with Crippen LogP contribution in [0.25, 0.3) is 0 Å². The van der Waals surface area contributed by atoms with Crippen LogP contribution in [0.5, 0.6) is 0 Å². The molecule has 0 radical (unpaired) electrons. The topological polar surface area (TPSA) is 60.9 Å². The molecule has 114 valence electrons. The van der Waals surface area contributed by atoms with Gasteiger partial charge in [-0.3, -0.25) is 14.5 Å². The predicted octanol–water partition coefficient (Wildman–Crippen LogP) is 1.57. The maximum atomic E-state index is 12.3. The minimum absolute atomic E-state index is 0.131. The van der Waals surface area contributed by atoms with Crippen molar-refractivity contribution in [3.05, 3.63) is 0 Å². The standard InChI is InChI=1S/C15H26N2O3/c1-15(14(19)20)8-9-17(11-15)10-13(18)16(2)12-6-4-3-5-7-12/h12H,3-11H2,1-2H3,(H,19,20). The van der Waals surface area contributed by atoms with Gasteiger partial charge in [0.25, 0.3) is 0 Å². The van der Waals surface area contributed by atoms with Crippen LogP contribution in [0.2, 0.25) is 0 Å². The fraction of sp³-hybridized carbons (Fsp3) is 0.867. The van der Waals surface area contributed by atoms with Crippen LogP contribution in [0.4, 0.5) is 0 Å². The third-order valence-corrected chi connectivity index (χ3v) is 4.94. The lowest BCUT2D eigenvalue weighted by Gasteiger charge is -2.32. The van der Waals surface area contributed by atoms with E-state index in [1.54, 1.807) is 6.92 Å². The molecule has 0 spiro atoms. The molecule has 5 heteroatoms. The van der Waals surface area contributed by atoms with E-state index in [9.17, 15) is 14.7 Å². The highest BCUT2D eigenvalue weighted by molar-refractivity contribution is 5.79. The number of aliphatic carboxylic acids is 1. The molecular formula is C15H26N2O3. The number of nitrogens with zero attached hydrogens (tertiary/aromatic N) is 2. The van der Waals surface area contributed by atoms with Crippen LogP contribution in [-0.4, -0.2) is 59.5 Å². The van der Waals surface area contributed by atoms with Crippen LogP contribution in [0.3, 0.4) is 0 Å². The molecule has 2 aliphatic rings. The molecule has 1 N–H and O–H groups in total. The largest absolute Gasteiger partial charge is 0.481 e. The van der Waals surface area contributed by atoms with Gasteiger partial charge in [0.05, 0.1) is 12.0 Å². The molecule has 0 aromatic heterocycles. The molecule has 1 saturated carbocycles. The minimum Gasteiger partial charge on any atom is -0.481 e. The normalized spacial score (nSPS) is 28.5. The highest BCUT2D eigenvalue weighted by atomic mass is 16.4. The number of carbonyl (C=O) groups is 2. The van der Waals surface area contributed by atoms with E-state index < -0.39 is 11.4 Å². The number of likely N-dealkylation sites (N-methyl/N-ethyl adjacent to an activating group) is 1. The summed E-state index contributed by atoms with van der Waals surface area (Å²) in [5.74, 6) is -0.625. The number of rotatable bonds is 4. The number of carbonyl (C=O) groups excluding carboxylic acids is 1. The van der Waals surface area contributed by atoms with Gasteiger partial charge in [0.15, 0.2) is 0 Å². The summed E-state index contributed by atoms with van der Waals surface area (Å²) in [5.41, 5.74) is -0.691. The lowest BCUT2D eigenvalue weighted by molar-refractivity contribution is -0.147. The predicted molar refractivity (Wildman–Crippen MR) is 76.4 cm³/mol. The van der Waals surface area contributed by atoms with Crippen molar-refractivity contribution in [3.63, 3.8) is 0 Å². The van der Waals surface area contributed by atoms with Gasteiger partial charge >= 0.3 is 5.97 Å². The second kappa shape index (κ2) is 6.12. The molecule has 1 aliphatic carbocycles. The zero-order valence-corrected chi connectivity index (χ0v) is 12.6. The molecule has 1 aliphatic heterocycles. The first-order valence-corrected chi connectivity index (χ1v) is 7.64. The van der Waals surface area contributed by atoms with Crippen LogP contribution in [-0.2, 0) is 9.59 Å². The van der Waals surface area contributed by atoms with Crippen molar-refractivity contribution in [1.29, 1.82) is 0 Å². The van der Waals surface area contributed by atoms with E-state index in [4.69, 9.17) is 0 Å². The van der Waals surface area contributed by atoms with Gasteiger partial charge in [-0.1, -0.05) is 19.3 Å². The van der Waals surface area contributed by atoms with E-state index in [-0.39, 0.29) is 5.91 Å². The van der Waals surface area contributed by atoms with Crippen molar-refractivity contribution >= 4 is 11.9 Å². The van der Waals surface area contributed by atoms with Crippen molar-refractivity contribution in [3.8, 4) is 0 Å². The summed E-state index contributed by atoms with van der Waals surface area (Å²) in [4.78, 5) is 27.4. The first-order valence-electron chi connectivity index (χ1n) is 7.64. The Labute approximate surface area is 120 Å². The van der Waals surface area contributed by atoms with E-state index >= 15 is 0 Å². The first kappa shape index (κ1) is 15.3. The Hall–Kier alpha value is -1.10. The third kappa shape index (κ3) is 3.32. The fourth-order valence-electron chi connectivity index (χ4n) is 3.34. The summed E-state index contributed by atoms with van der Waals surface area (Å²) in [7, 11) is 1.89. The SMILES string of the molecule is CN(C(=O)CN1CCC(C)(C(=O)O)C1)C1CCCCC1. The number of likely N-dealkylation sites (tertiary alicyclic amines) is 1. The summed E-state index contributed by atoms with van der Waals surface area (Å²) in [6, 6.07) is 0.379. The summed E-state index contributed by atoms with van der Waals surface area (Å²) >= 11 is 0. The monoisotopic (exact) mass is 282 g/mol. The molecule has 0 aromatic rings. The number of carboxylic acids is 1. The second-order valence-electron chi connectivity index (χ2n) is 6.62. The zero-order valence-electron chi connectivity index (χ0n) is 12.6. The number of carboxylic acid groups (broad SMARTS) is 1. The number of hydrogen-bond acceptors (Lipinski definition) is 3. The molecule has 1 heterocycles. The van der Waals surface area contributed by atoms with Crippen LogP contribution < -0.4 is 0 Å². The number of hydrogen-bond donors (Lipinski definition) is 1. The van der Waals surface area contributed by atoms with Crippen molar-refractivity contribution in [2.45, 2.75) is 51.5 Å². The smallest absolute Gasteiger partial charge is 0.310 e. The molecule has 1 saturated heterocycles. The van der Waals surface area contributed by atoms with Crippen LogP contribution >= 0.6 is 0 Å². The van der Waals surface area contributed by atoms with Gasteiger partial charge in [0, 0.05) is 19.6 Å². The Kier molecular flexibility index (Phi) is 4.68. The molecule has 1 amide bonds. The van der Waals surface area contributed by atoms with Crippen LogP contribution in [0, 0.1) is 5.41 Å². The fourth-order valence-corrected chi connectivity index (χ4v) is 3.34. The summed E-state index contributed by atoms with van der Waals surface area (Å²) in [5, 5.41) is 9.22. The van der Waals surface area contributed by atoms with Gasteiger partial charge in [0.2, 0.25) is 5.91 Å². The molecule has 1 unspecified atom stereocenters. The van der Waals surface area contributed by atoms with Crippen molar-refractivity contribution in [1.82, 2.24) is 9.80 Å². The lowest BCUT2D eigenvalue weighted by Crippen LogP contribution is -2.44. The van der Waals surface area contributed by atoms with Gasteiger partial charge in [-0.15, -0.1) is 0 Å². The Morgan fingerprint density at radius 1 is 1.30 bits per heavy atom. The summed E-state index contributed by atoms with van der Waals surface area (Å²) in [6.45, 7) is 3.31. The lowest BCUT2D eigenvalue weighted by atomic mass is 9.90.